The van der Waals surface area contributed by atoms with Gasteiger partial charge in [-0.05, 0) is 53.3 Å². The van der Waals surface area contributed by atoms with Gasteiger partial charge in [-0.25, -0.2) is 0 Å². The number of hydrogen-bond acceptors (Lipinski definition) is 3. The SMILES string of the molecule is COc1cc(C(CC(=O)NCC(C)C)c2cn(Cc3ccc(C)cc3)c3ccccc23)ccc1OCc1ccccc1. The Morgan fingerprint density at radius 1 is 0.857 bits per heavy atom. The second-order valence-corrected chi connectivity index (χ2v) is 11.4. The van der Waals surface area contributed by atoms with Crippen LogP contribution < -0.4 is 14.8 Å². The van der Waals surface area contributed by atoms with Crippen LogP contribution in [0, 0.1) is 12.8 Å². The predicted molar refractivity (Wildman–Crippen MR) is 170 cm³/mol. The standard InChI is InChI=1S/C37H40N2O3/c1-26(2)22-38-37(40)21-32(30-18-19-35(36(20-30)41-4)42-25-29-10-6-5-7-11-29)33-24-39(34-13-9-8-12-31(33)34)23-28-16-14-27(3)15-17-28/h5-20,24,26,32H,21-23,25H2,1-4H3,(H,38,40). The zero-order valence-electron chi connectivity index (χ0n) is 25.0. The van der Waals surface area contributed by atoms with Crippen LogP contribution in [0.25, 0.3) is 10.9 Å². The van der Waals surface area contributed by atoms with Crippen LogP contribution in [0.15, 0.2) is 103 Å². The number of carbonyl (C=O) groups excluding carboxylic acids is 1. The highest BCUT2D eigenvalue weighted by atomic mass is 16.5. The molecule has 5 nitrogen and oxygen atoms in total. The van der Waals surface area contributed by atoms with Crippen molar-refractivity contribution >= 4 is 16.8 Å². The van der Waals surface area contributed by atoms with Crippen molar-refractivity contribution in [3.05, 3.63) is 131 Å². The number of amides is 1. The summed E-state index contributed by atoms with van der Waals surface area (Å²) in [5.74, 6) is 1.57. The number of rotatable bonds is 12. The van der Waals surface area contributed by atoms with Crippen molar-refractivity contribution in [2.24, 2.45) is 5.92 Å². The summed E-state index contributed by atoms with van der Waals surface area (Å²) in [6.07, 6.45) is 2.55. The molecule has 5 rings (SSSR count). The lowest BCUT2D eigenvalue weighted by molar-refractivity contribution is -0.121. The highest BCUT2D eigenvalue weighted by Crippen LogP contribution is 2.39. The molecule has 1 heterocycles. The summed E-state index contributed by atoms with van der Waals surface area (Å²) in [7, 11) is 1.66. The van der Waals surface area contributed by atoms with Gasteiger partial charge in [0.1, 0.15) is 6.61 Å². The van der Waals surface area contributed by atoms with Gasteiger partial charge in [-0.15, -0.1) is 0 Å². The number of para-hydroxylation sites is 1. The minimum Gasteiger partial charge on any atom is -0.493 e. The van der Waals surface area contributed by atoms with Crippen LogP contribution in [0.5, 0.6) is 11.5 Å². The van der Waals surface area contributed by atoms with E-state index in [-0.39, 0.29) is 11.8 Å². The normalized spacial score (nSPS) is 11.9. The molecule has 5 heteroatoms. The second-order valence-electron chi connectivity index (χ2n) is 11.4. The van der Waals surface area contributed by atoms with E-state index in [1.54, 1.807) is 7.11 Å². The van der Waals surface area contributed by atoms with Crippen molar-refractivity contribution in [1.82, 2.24) is 9.88 Å². The zero-order chi connectivity index (χ0) is 29.5. The number of methoxy groups -OCH3 is 1. The third-order valence-corrected chi connectivity index (χ3v) is 7.59. The Morgan fingerprint density at radius 2 is 1.60 bits per heavy atom. The number of hydrogen-bond donors (Lipinski definition) is 1. The van der Waals surface area contributed by atoms with Crippen molar-refractivity contribution in [3.8, 4) is 11.5 Å². The van der Waals surface area contributed by atoms with E-state index in [0.717, 1.165) is 34.1 Å². The molecule has 0 radical (unpaired) electrons. The van der Waals surface area contributed by atoms with Gasteiger partial charge in [0.15, 0.2) is 11.5 Å². The molecule has 0 saturated carbocycles. The lowest BCUT2D eigenvalue weighted by atomic mass is 9.87. The first-order valence-electron chi connectivity index (χ1n) is 14.7. The van der Waals surface area contributed by atoms with Crippen molar-refractivity contribution < 1.29 is 14.3 Å². The topological polar surface area (TPSA) is 52.5 Å². The fraction of sp³-hybridized carbons (Fsp3) is 0.270. The molecule has 0 aliphatic rings. The van der Waals surface area contributed by atoms with Crippen molar-refractivity contribution in [2.75, 3.05) is 13.7 Å². The van der Waals surface area contributed by atoms with Gasteiger partial charge in [0, 0.05) is 42.5 Å². The molecule has 1 N–H and O–H groups in total. The van der Waals surface area contributed by atoms with Gasteiger partial charge in [-0.2, -0.15) is 0 Å². The van der Waals surface area contributed by atoms with Crippen molar-refractivity contribution in [2.45, 2.75) is 46.3 Å². The molecule has 1 aromatic heterocycles. The monoisotopic (exact) mass is 560 g/mol. The number of nitrogens with one attached hydrogen (secondary N) is 1. The molecule has 1 unspecified atom stereocenters. The summed E-state index contributed by atoms with van der Waals surface area (Å²) in [6, 6.07) is 33.2. The third kappa shape index (κ3) is 7.03. The van der Waals surface area contributed by atoms with Crippen LogP contribution in [0.2, 0.25) is 0 Å². The van der Waals surface area contributed by atoms with E-state index in [0.29, 0.717) is 37.0 Å². The average molecular weight is 561 g/mol. The maximum Gasteiger partial charge on any atom is 0.220 e. The van der Waals surface area contributed by atoms with Crippen LogP contribution >= 0.6 is 0 Å². The third-order valence-electron chi connectivity index (χ3n) is 7.59. The molecule has 1 amide bonds. The summed E-state index contributed by atoms with van der Waals surface area (Å²) in [5, 5.41) is 4.28. The van der Waals surface area contributed by atoms with E-state index in [4.69, 9.17) is 9.47 Å². The number of nitrogens with zero attached hydrogens (tertiary/aromatic N) is 1. The molecule has 216 valence electrons. The smallest absolute Gasteiger partial charge is 0.220 e. The number of ether oxygens (including phenoxy) is 2. The maximum absolute atomic E-state index is 13.3. The summed E-state index contributed by atoms with van der Waals surface area (Å²) >= 11 is 0. The van der Waals surface area contributed by atoms with E-state index in [2.05, 4.69) is 91.4 Å². The molecular weight excluding hydrogens is 520 g/mol. The van der Waals surface area contributed by atoms with E-state index in [9.17, 15) is 4.79 Å². The first kappa shape index (κ1) is 29.0. The van der Waals surface area contributed by atoms with Gasteiger partial charge >= 0.3 is 0 Å². The quantitative estimate of drug-likeness (QED) is 0.169. The number of benzene rings is 4. The summed E-state index contributed by atoms with van der Waals surface area (Å²) in [6.45, 7) is 8.17. The minimum atomic E-state index is -0.168. The van der Waals surface area contributed by atoms with Crippen LogP contribution in [-0.2, 0) is 17.9 Å². The molecule has 0 fully saturated rings. The van der Waals surface area contributed by atoms with Gasteiger partial charge in [-0.3, -0.25) is 4.79 Å². The van der Waals surface area contributed by atoms with Crippen molar-refractivity contribution in [3.63, 3.8) is 0 Å². The fourth-order valence-corrected chi connectivity index (χ4v) is 5.31. The number of carbonyl (C=O) groups is 1. The molecule has 0 bridgehead atoms. The van der Waals surface area contributed by atoms with Gasteiger partial charge in [0.25, 0.3) is 0 Å². The van der Waals surface area contributed by atoms with Gasteiger partial charge in [0.2, 0.25) is 5.91 Å². The minimum absolute atomic E-state index is 0.0347. The lowest BCUT2D eigenvalue weighted by Crippen LogP contribution is -2.28. The van der Waals surface area contributed by atoms with Gasteiger partial charge < -0.3 is 19.4 Å². The van der Waals surface area contributed by atoms with E-state index in [1.165, 1.54) is 11.1 Å². The number of aryl methyl sites for hydroxylation is 1. The molecule has 0 spiro atoms. The molecule has 42 heavy (non-hydrogen) atoms. The van der Waals surface area contributed by atoms with Gasteiger partial charge in [-0.1, -0.05) is 98.3 Å². The van der Waals surface area contributed by atoms with E-state index < -0.39 is 0 Å². The van der Waals surface area contributed by atoms with Crippen LogP contribution in [0.1, 0.15) is 54.0 Å². The Bertz CT molecular complexity index is 1620. The molecule has 0 aliphatic carbocycles. The summed E-state index contributed by atoms with van der Waals surface area (Å²) in [4.78, 5) is 13.3. The van der Waals surface area contributed by atoms with E-state index >= 15 is 0 Å². The summed E-state index contributed by atoms with van der Waals surface area (Å²) < 4.78 is 14.2. The van der Waals surface area contributed by atoms with E-state index in [1.807, 2.05) is 42.5 Å². The van der Waals surface area contributed by atoms with Crippen LogP contribution in [0.3, 0.4) is 0 Å². The average Bonchev–Trinajstić information content (AvgIpc) is 3.37. The zero-order valence-corrected chi connectivity index (χ0v) is 25.0. The Labute approximate surface area is 249 Å². The Morgan fingerprint density at radius 3 is 2.33 bits per heavy atom. The fourth-order valence-electron chi connectivity index (χ4n) is 5.31. The first-order chi connectivity index (χ1) is 20.4. The highest BCUT2D eigenvalue weighted by Gasteiger charge is 2.24. The number of aromatic nitrogens is 1. The summed E-state index contributed by atoms with van der Waals surface area (Å²) in [5.41, 5.74) is 6.85. The largest absolute Gasteiger partial charge is 0.493 e. The van der Waals surface area contributed by atoms with Gasteiger partial charge in [0.05, 0.1) is 7.11 Å². The molecule has 1 atom stereocenters. The van der Waals surface area contributed by atoms with Crippen LogP contribution in [0.4, 0.5) is 0 Å². The molecular formula is C37H40N2O3. The molecule has 4 aromatic carbocycles. The molecule has 0 aliphatic heterocycles. The first-order valence-corrected chi connectivity index (χ1v) is 14.7. The Balaban J connectivity index is 1.52. The van der Waals surface area contributed by atoms with Crippen molar-refractivity contribution in [1.29, 1.82) is 0 Å². The maximum atomic E-state index is 13.3. The second kappa shape index (κ2) is 13.4. The number of fused-ring (bicyclic) bond motifs is 1. The predicted octanol–water partition coefficient (Wildman–Crippen LogP) is 7.88. The van der Waals surface area contributed by atoms with Crippen LogP contribution in [-0.4, -0.2) is 24.1 Å². The molecule has 5 aromatic rings. The molecule has 0 saturated heterocycles. The lowest BCUT2D eigenvalue weighted by Gasteiger charge is -2.20. The Kier molecular flexibility index (Phi) is 9.28. The Hall–Kier alpha value is -4.51. The highest BCUT2D eigenvalue weighted by molar-refractivity contribution is 5.87.